The van der Waals surface area contributed by atoms with Crippen LogP contribution in [0.1, 0.15) is 20.3 Å². The third kappa shape index (κ3) is 4.98. The Labute approximate surface area is 121 Å². The summed E-state index contributed by atoms with van der Waals surface area (Å²) in [5, 5.41) is 6.88. The van der Waals surface area contributed by atoms with Gasteiger partial charge in [-0.1, -0.05) is 6.92 Å². The number of aromatic nitrogens is 1. The van der Waals surface area contributed by atoms with Gasteiger partial charge >= 0.3 is 0 Å². The molecule has 1 saturated heterocycles. The monoisotopic (exact) mass is 278 g/mol. The van der Waals surface area contributed by atoms with Gasteiger partial charge in [0.2, 0.25) is 0 Å². The molecular weight excluding hydrogens is 252 g/mol. The number of ether oxygens (including phenoxy) is 1. The summed E-state index contributed by atoms with van der Waals surface area (Å²) in [4.78, 5) is 6.72. The van der Waals surface area contributed by atoms with Crippen LogP contribution in [0.4, 0.5) is 11.4 Å². The van der Waals surface area contributed by atoms with Crippen LogP contribution in [0.15, 0.2) is 18.5 Å². The van der Waals surface area contributed by atoms with Crippen LogP contribution in [0.2, 0.25) is 0 Å². The van der Waals surface area contributed by atoms with E-state index in [1.165, 1.54) is 0 Å². The molecule has 1 aromatic rings. The van der Waals surface area contributed by atoms with Crippen LogP contribution in [-0.4, -0.2) is 55.3 Å². The van der Waals surface area contributed by atoms with Crippen LogP contribution >= 0.6 is 0 Å². The number of anilines is 2. The molecule has 1 atom stereocenters. The number of pyridine rings is 1. The molecule has 0 aromatic carbocycles. The fourth-order valence-electron chi connectivity index (χ4n) is 2.39. The lowest BCUT2D eigenvalue weighted by Crippen LogP contribution is -2.42. The van der Waals surface area contributed by atoms with E-state index in [1.807, 2.05) is 12.4 Å². The molecule has 0 aliphatic carbocycles. The zero-order valence-electron chi connectivity index (χ0n) is 12.6. The highest BCUT2D eigenvalue weighted by atomic mass is 16.5. The van der Waals surface area contributed by atoms with Gasteiger partial charge in [0.25, 0.3) is 0 Å². The summed E-state index contributed by atoms with van der Waals surface area (Å²) in [6, 6.07) is 2.52. The Kier molecular flexibility index (Phi) is 6.08. The van der Waals surface area contributed by atoms with Crippen LogP contribution in [-0.2, 0) is 4.74 Å². The van der Waals surface area contributed by atoms with Crippen molar-refractivity contribution >= 4 is 11.4 Å². The highest BCUT2D eigenvalue weighted by molar-refractivity contribution is 5.54. The van der Waals surface area contributed by atoms with Gasteiger partial charge in [-0.05, 0) is 19.4 Å². The average molecular weight is 278 g/mol. The molecule has 1 unspecified atom stereocenters. The maximum absolute atomic E-state index is 5.37. The lowest BCUT2D eigenvalue weighted by Gasteiger charge is -2.29. The first-order valence-electron chi connectivity index (χ1n) is 7.53. The van der Waals surface area contributed by atoms with Crippen molar-refractivity contribution in [1.29, 1.82) is 0 Å². The third-order valence-corrected chi connectivity index (χ3v) is 3.37. The van der Waals surface area contributed by atoms with E-state index in [4.69, 9.17) is 4.74 Å². The van der Waals surface area contributed by atoms with E-state index in [-0.39, 0.29) is 0 Å². The molecule has 2 heterocycles. The second-order valence-electron chi connectivity index (χ2n) is 5.35. The lowest BCUT2D eigenvalue weighted by molar-refractivity contribution is 0.0368. The minimum absolute atomic E-state index is 0.399. The highest BCUT2D eigenvalue weighted by Crippen LogP contribution is 2.14. The Hall–Kier alpha value is -1.33. The number of morpholine rings is 1. The van der Waals surface area contributed by atoms with E-state index in [0.717, 1.165) is 57.2 Å². The second-order valence-corrected chi connectivity index (χ2v) is 5.35. The average Bonchev–Trinajstić information content (AvgIpc) is 2.46. The van der Waals surface area contributed by atoms with E-state index in [0.29, 0.717) is 6.04 Å². The summed E-state index contributed by atoms with van der Waals surface area (Å²) >= 11 is 0. The summed E-state index contributed by atoms with van der Waals surface area (Å²) < 4.78 is 5.37. The topological polar surface area (TPSA) is 49.4 Å². The summed E-state index contributed by atoms with van der Waals surface area (Å²) in [6.45, 7) is 10.2. The quantitative estimate of drug-likeness (QED) is 0.799. The molecule has 5 heteroatoms. The van der Waals surface area contributed by atoms with Gasteiger partial charge in [-0.25, -0.2) is 0 Å². The highest BCUT2D eigenvalue weighted by Gasteiger charge is 2.13. The van der Waals surface area contributed by atoms with Crippen molar-refractivity contribution in [1.82, 2.24) is 9.88 Å². The van der Waals surface area contributed by atoms with Crippen molar-refractivity contribution in [2.24, 2.45) is 0 Å². The molecule has 5 nitrogen and oxygen atoms in total. The number of hydrogen-bond donors (Lipinski definition) is 2. The first kappa shape index (κ1) is 15.1. The van der Waals surface area contributed by atoms with Gasteiger partial charge in [0, 0.05) is 32.2 Å². The van der Waals surface area contributed by atoms with Crippen LogP contribution in [0.5, 0.6) is 0 Å². The first-order chi connectivity index (χ1) is 9.78. The molecule has 0 spiro atoms. The van der Waals surface area contributed by atoms with Gasteiger partial charge in [-0.15, -0.1) is 0 Å². The van der Waals surface area contributed by atoms with Crippen molar-refractivity contribution in [2.45, 2.75) is 26.3 Å². The van der Waals surface area contributed by atoms with Crippen LogP contribution in [0, 0.1) is 0 Å². The maximum atomic E-state index is 5.37. The normalized spacial score (nSPS) is 17.7. The Bertz CT molecular complexity index is 393. The van der Waals surface area contributed by atoms with Gasteiger partial charge in [0.05, 0.1) is 37.0 Å². The molecule has 0 amide bonds. The summed E-state index contributed by atoms with van der Waals surface area (Å²) in [5.74, 6) is 0. The Morgan fingerprint density at radius 2 is 2.05 bits per heavy atom. The summed E-state index contributed by atoms with van der Waals surface area (Å²) in [7, 11) is 0. The predicted octanol–water partition coefficient (Wildman–Crippen LogP) is 2.04. The molecule has 112 valence electrons. The van der Waals surface area contributed by atoms with Crippen LogP contribution < -0.4 is 10.6 Å². The number of nitrogens with one attached hydrogen (secondary N) is 2. The molecule has 1 aliphatic heterocycles. The Morgan fingerprint density at radius 1 is 1.30 bits per heavy atom. The van der Waals surface area contributed by atoms with E-state index in [2.05, 4.69) is 40.4 Å². The van der Waals surface area contributed by atoms with E-state index >= 15 is 0 Å². The molecular formula is C15H26N4O. The van der Waals surface area contributed by atoms with Crippen molar-refractivity contribution in [3.05, 3.63) is 18.5 Å². The molecule has 2 rings (SSSR count). The van der Waals surface area contributed by atoms with Crippen LogP contribution in [0.25, 0.3) is 0 Å². The minimum Gasteiger partial charge on any atom is -0.384 e. The van der Waals surface area contributed by atoms with E-state index in [9.17, 15) is 0 Å². The third-order valence-electron chi connectivity index (χ3n) is 3.37. The largest absolute Gasteiger partial charge is 0.384 e. The van der Waals surface area contributed by atoms with Gasteiger partial charge in [0.1, 0.15) is 0 Å². The van der Waals surface area contributed by atoms with Crippen molar-refractivity contribution in [3.8, 4) is 0 Å². The standard InChI is InChI=1S/C15H26N4O/c1-3-4-17-14-9-15(11-16-10-14)18-13(2)12-19-5-7-20-8-6-19/h9-11,13,17-18H,3-8,12H2,1-2H3. The predicted molar refractivity (Wildman–Crippen MR) is 83.4 cm³/mol. The van der Waals surface area contributed by atoms with Gasteiger partial charge in [-0.3, -0.25) is 9.88 Å². The fraction of sp³-hybridized carbons (Fsp3) is 0.667. The molecule has 1 fully saturated rings. The fourth-order valence-corrected chi connectivity index (χ4v) is 2.39. The van der Waals surface area contributed by atoms with E-state index in [1.54, 1.807) is 0 Å². The maximum Gasteiger partial charge on any atom is 0.0594 e. The van der Waals surface area contributed by atoms with Crippen molar-refractivity contribution < 1.29 is 4.74 Å². The van der Waals surface area contributed by atoms with Gasteiger partial charge < -0.3 is 15.4 Å². The second kappa shape index (κ2) is 8.07. The van der Waals surface area contributed by atoms with E-state index < -0.39 is 0 Å². The molecule has 0 radical (unpaired) electrons. The first-order valence-corrected chi connectivity index (χ1v) is 7.53. The molecule has 20 heavy (non-hydrogen) atoms. The number of rotatable bonds is 7. The molecule has 0 bridgehead atoms. The minimum atomic E-state index is 0.399. The van der Waals surface area contributed by atoms with Crippen molar-refractivity contribution in [3.63, 3.8) is 0 Å². The van der Waals surface area contributed by atoms with Crippen LogP contribution in [0.3, 0.4) is 0 Å². The smallest absolute Gasteiger partial charge is 0.0594 e. The Balaban J connectivity index is 1.81. The van der Waals surface area contributed by atoms with Crippen molar-refractivity contribution in [2.75, 3.05) is 50.0 Å². The molecule has 0 saturated carbocycles. The van der Waals surface area contributed by atoms with Gasteiger partial charge in [-0.2, -0.15) is 0 Å². The molecule has 1 aromatic heterocycles. The molecule has 2 N–H and O–H groups in total. The zero-order chi connectivity index (χ0) is 14.2. The Morgan fingerprint density at radius 3 is 2.80 bits per heavy atom. The molecule has 1 aliphatic rings. The number of hydrogen-bond acceptors (Lipinski definition) is 5. The summed E-state index contributed by atoms with van der Waals surface area (Å²) in [5.41, 5.74) is 2.15. The zero-order valence-corrected chi connectivity index (χ0v) is 12.6. The lowest BCUT2D eigenvalue weighted by atomic mass is 10.2. The summed E-state index contributed by atoms with van der Waals surface area (Å²) in [6.07, 6.45) is 4.87. The number of nitrogens with zero attached hydrogens (tertiary/aromatic N) is 2. The SMILES string of the molecule is CCCNc1cncc(NC(C)CN2CCOCC2)c1. The van der Waals surface area contributed by atoms with Gasteiger partial charge in [0.15, 0.2) is 0 Å².